The van der Waals surface area contributed by atoms with E-state index in [1.807, 2.05) is 32.0 Å². The Labute approximate surface area is 188 Å². The van der Waals surface area contributed by atoms with Crippen LogP contribution in [0.25, 0.3) is 5.82 Å². The van der Waals surface area contributed by atoms with Crippen molar-refractivity contribution in [2.75, 3.05) is 13.1 Å². The third kappa shape index (κ3) is 4.58. The van der Waals surface area contributed by atoms with Crippen LogP contribution in [0.5, 0.6) is 0 Å². The molecule has 2 aromatic heterocycles. The summed E-state index contributed by atoms with van der Waals surface area (Å²) in [6.45, 7) is 5.01. The van der Waals surface area contributed by atoms with Crippen molar-refractivity contribution < 1.29 is 13.2 Å². The first kappa shape index (κ1) is 22.2. The second-order valence-electron chi connectivity index (χ2n) is 8.20. The Morgan fingerprint density at radius 2 is 1.75 bits per heavy atom. The highest BCUT2D eigenvalue weighted by Crippen LogP contribution is 2.25. The molecule has 0 aliphatic carbocycles. The molecule has 1 aromatic carbocycles. The highest BCUT2D eigenvalue weighted by molar-refractivity contribution is 7.89. The summed E-state index contributed by atoms with van der Waals surface area (Å²) in [5, 5.41) is 4.44. The number of nitrogens with one attached hydrogen (secondary N) is 1. The van der Waals surface area contributed by atoms with Gasteiger partial charge in [0.15, 0.2) is 5.82 Å². The third-order valence-corrected chi connectivity index (χ3v) is 7.14. The molecule has 1 fully saturated rings. The molecule has 1 aliphatic heterocycles. The molecule has 1 saturated heterocycles. The van der Waals surface area contributed by atoms with Crippen LogP contribution < -0.4 is 4.72 Å². The van der Waals surface area contributed by atoms with Gasteiger partial charge in [0.25, 0.3) is 5.91 Å². The van der Waals surface area contributed by atoms with Gasteiger partial charge in [-0.3, -0.25) is 4.79 Å². The van der Waals surface area contributed by atoms with E-state index in [-0.39, 0.29) is 22.8 Å². The Morgan fingerprint density at radius 3 is 2.38 bits per heavy atom. The fourth-order valence-corrected chi connectivity index (χ4v) is 5.32. The maximum atomic E-state index is 13.3. The lowest BCUT2D eigenvalue weighted by Gasteiger charge is -2.32. The average molecular weight is 454 g/mol. The second kappa shape index (κ2) is 9.22. The molecule has 0 unspecified atom stereocenters. The molecule has 3 heterocycles. The van der Waals surface area contributed by atoms with Gasteiger partial charge in [0, 0.05) is 25.3 Å². The maximum absolute atomic E-state index is 13.3. The van der Waals surface area contributed by atoms with Gasteiger partial charge in [-0.2, -0.15) is 5.10 Å². The Bertz CT molecular complexity index is 1170. The molecule has 0 bridgehead atoms. The van der Waals surface area contributed by atoms with Gasteiger partial charge in [-0.05, 0) is 43.0 Å². The first-order valence-corrected chi connectivity index (χ1v) is 12.2. The molecule has 8 nitrogen and oxygen atoms in total. The van der Waals surface area contributed by atoms with Crippen LogP contribution in [0.15, 0.2) is 65.8 Å². The number of rotatable bonds is 6. The zero-order valence-corrected chi connectivity index (χ0v) is 19.0. The number of likely N-dealkylation sites (tertiary alicyclic amines) is 1. The monoisotopic (exact) mass is 453 g/mol. The standard InChI is InChI=1S/C23H27N5O3S/c1-17(2)22-20(16-25-28(22)21-10-6-7-13-24-21)23(29)27-14-11-18(12-15-27)26-32(30,31)19-8-4-3-5-9-19/h3-10,13,16-18,26H,11-12,14-15H2,1-2H3. The minimum absolute atomic E-state index is 0.0775. The molecule has 4 rings (SSSR count). The SMILES string of the molecule is CC(C)c1c(C(=O)N2CCC(NS(=O)(=O)c3ccccc3)CC2)cnn1-c1ccccn1. The summed E-state index contributed by atoms with van der Waals surface area (Å²) in [6.07, 6.45) is 4.42. The molecular weight excluding hydrogens is 426 g/mol. The van der Waals surface area contributed by atoms with Gasteiger partial charge in [-0.25, -0.2) is 22.8 Å². The van der Waals surface area contributed by atoms with Gasteiger partial charge < -0.3 is 4.90 Å². The van der Waals surface area contributed by atoms with Gasteiger partial charge in [0.05, 0.1) is 22.3 Å². The minimum Gasteiger partial charge on any atom is -0.338 e. The summed E-state index contributed by atoms with van der Waals surface area (Å²) in [7, 11) is -3.57. The fraction of sp³-hybridized carbons (Fsp3) is 0.348. The molecule has 0 radical (unpaired) electrons. The lowest BCUT2D eigenvalue weighted by molar-refractivity contribution is 0.0709. The topological polar surface area (TPSA) is 97.2 Å². The molecule has 3 aromatic rings. The van der Waals surface area contributed by atoms with Crippen LogP contribution in [0.1, 0.15) is 48.7 Å². The number of nitrogens with zero attached hydrogens (tertiary/aromatic N) is 4. The molecule has 1 N–H and O–H groups in total. The van der Waals surface area contributed by atoms with E-state index in [9.17, 15) is 13.2 Å². The molecule has 1 amide bonds. The number of carbonyl (C=O) groups excluding carboxylic acids is 1. The summed E-state index contributed by atoms with van der Waals surface area (Å²) < 4.78 is 29.7. The van der Waals surface area contributed by atoms with E-state index >= 15 is 0 Å². The van der Waals surface area contributed by atoms with Crippen LogP contribution in [0.3, 0.4) is 0 Å². The van der Waals surface area contributed by atoms with E-state index in [0.717, 1.165) is 5.69 Å². The summed E-state index contributed by atoms with van der Waals surface area (Å²) in [4.78, 5) is 19.7. The van der Waals surface area contributed by atoms with Gasteiger partial charge in [0.1, 0.15) is 0 Å². The van der Waals surface area contributed by atoms with Crippen LogP contribution >= 0.6 is 0 Å². The molecule has 9 heteroatoms. The van der Waals surface area contributed by atoms with Crippen molar-refractivity contribution in [3.63, 3.8) is 0 Å². The van der Waals surface area contributed by atoms with Gasteiger partial charge in [-0.15, -0.1) is 0 Å². The van der Waals surface area contributed by atoms with Crippen LogP contribution in [0, 0.1) is 0 Å². The molecule has 1 aliphatic rings. The number of piperidine rings is 1. The lowest BCUT2D eigenvalue weighted by atomic mass is 10.0. The number of benzene rings is 1. The Morgan fingerprint density at radius 1 is 1.06 bits per heavy atom. The van der Waals surface area contributed by atoms with E-state index in [1.165, 1.54) is 0 Å². The predicted molar refractivity (Wildman–Crippen MR) is 121 cm³/mol. The number of hydrogen-bond donors (Lipinski definition) is 1. The van der Waals surface area contributed by atoms with Crippen molar-refractivity contribution >= 4 is 15.9 Å². The zero-order valence-electron chi connectivity index (χ0n) is 18.2. The van der Waals surface area contributed by atoms with Crippen molar-refractivity contribution in [2.24, 2.45) is 0 Å². The van der Waals surface area contributed by atoms with E-state index in [1.54, 1.807) is 52.3 Å². The largest absolute Gasteiger partial charge is 0.338 e. The normalized spacial score (nSPS) is 15.3. The predicted octanol–water partition coefficient (Wildman–Crippen LogP) is 2.97. The first-order valence-electron chi connectivity index (χ1n) is 10.7. The van der Waals surface area contributed by atoms with Crippen molar-refractivity contribution in [1.82, 2.24) is 24.4 Å². The third-order valence-electron chi connectivity index (χ3n) is 5.61. The van der Waals surface area contributed by atoms with Gasteiger partial charge in [0.2, 0.25) is 10.0 Å². The quantitative estimate of drug-likeness (QED) is 0.619. The van der Waals surface area contributed by atoms with Crippen molar-refractivity contribution in [2.45, 2.75) is 43.5 Å². The zero-order chi connectivity index (χ0) is 22.7. The Kier molecular flexibility index (Phi) is 6.38. The number of pyridine rings is 1. The lowest BCUT2D eigenvalue weighted by Crippen LogP contribution is -2.46. The van der Waals surface area contributed by atoms with Crippen molar-refractivity contribution in [1.29, 1.82) is 0 Å². The van der Waals surface area contributed by atoms with Crippen molar-refractivity contribution in [3.05, 3.63) is 72.2 Å². The van der Waals surface area contributed by atoms with Crippen LogP contribution in [-0.4, -0.2) is 53.1 Å². The van der Waals surface area contributed by atoms with E-state index in [0.29, 0.717) is 37.3 Å². The minimum atomic E-state index is -3.57. The number of sulfonamides is 1. The molecule has 168 valence electrons. The first-order chi connectivity index (χ1) is 15.4. The highest BCUT2D eigenvalue weighted by atomic mass is 32.2. The van der Waals surface area contributed by atoms with E-state index in [2.05, 4.69) is 14.8 Å². The molecule has 0 spiro atoms. The van der Waals surface area contributed by atoms with Gasteiger partial charge >= 0.3 is 0 Å². The molecule has 0 atom stereocenters. The average Bonchev–Trinajstić information content (AvgIpc) is 3.26. The molecular formula is C23H27N5O3S. The van der Waals surface area contributed by atoms with Crippen molar-refractivity contribution in [3.8, 4) is 5.82 Å². The number of hydrogen-bond acceptors (Lipinski definition) is 5. The summed E-state index contributed by atoms with van der Waals surface area (Å²) in [6, 6.07) is 13.7. The Hall–Kier alpha value is -3.04. The van der Waals surface area contributed by atoms with E-state index in [4.69, 9.17) is 0 Å². The van der Waals surface area contributed by atoms with Crippen LogP contribution in [0.4, 0.5) is 0 Å². The maximum Gasteiger partial charge on any atom is 0.257 e. The molecule has 0 saturated carbocycles. The summed E-state index contributed by atoms with van der Waals surface area (Å²) >= 11 is 0. The second-order valence-corrected chi connectivity index (χ2v) is 9.91. The molecule has 32 heavy (non-hydrogen) atoms. The van der Waals surface area contributed by atoms with Crippen LogP contribution in [0.2, 0.25) is 0 Å². The fourth-order valence-electron chi connectivity index (χ4n) is 4.00. The van der Waals surface area contributed by atoms with E-state index < -0.39 is 10.0 Å². The highest BCUT2D eigenvalue weighted by Gasteiger charge is 2.30. The number of aromatic nitrogens is 3. The Balaban J connectivity index is 1.46. The van der Waals surface area contributed by atoms with Crippen LogP contribution in [-0.2, 0) is 10.0 Å². The summed E-state index contributed by atoms with van der Waals surface area (Å²) in [5.41, 5.74) is 1.38. The van der Waals surface area contributed by atoms with Gasteiger partial charge in [-0.1, -0.05) is 38.1 Å². The smallest absolute Gasteiger partial charge is 0.257 e. The summed E-state index contributed by atoms with van der Waals surface area (Å²) in [5.74, 6) is 0.665. The number of amides is 1. The number of carbonyl (C=O) groups is 1.